The van der Waals surface area contributed by atoms with Crippen molar-refractivity contribution in [2.24, 2.45) is 0 Å². The monoisotopic (exact) mass is 347 g/mol. The molecule has 0 radical (unpaired) electrons. The fourth-order valence-corrected chi connectivity index (χ4v) is 2.86. The molecule has 136 valence electrons. The zero-order valence-corrected chi connectivity index (χ0v) is 15.1. The summed E-state index contributed by atoms with van der Waals surface area (Å²) in [7, 11) is 1.54. The van der Waals surface area contributed by atoms with E-state index in [-0.39, 0.29) is 25.0 Å². The fraction of sp³-hybridized carbons (Fsp3) is 0.474. The number of methoxy groups -OCH3 is 1. The van der Waals surface area contributed by atoms with Gasteiger partial charge in [0.25, 0.3) is 0 Å². The minimum Gasteiger partial charge on any atom is -0.491 e. The second-order valence-corrected chi connectivity index (χ2v) is 6.18. The number of rotatable bonds is 7. The van der Waals surface area contributed by atoms with E-state index in [0.717, 1.165) is 5.56 Å². The molecule has 25 heavy (non-hydrogen) atoms. The quantitative estimate of drug-likeness (QED) is 0.606. The predicted octanol–water partition coefficient (Wildman–Crippen LogP) is 2.54. The van der Waals surface area contributed by atoms with Crippen molar-refractivity contribution in [3.63, 3.8) is 0 Å². The summed E-state index contributed by atoms with van der Waals surface area (Å²) in [4.78, 5) is 24.6. The Morgan fingerprint density at radius 1 is 1.28 bits per heavy atom. The molecule has 0 aliphatic carbocycles. The largest absolute Gasteiger partial charge is 0.491 e. The molecule has 1 aliphatic heterocycles. The van der Waals surface area contributed by atoms with Gasteiger partial charge in [-0.2, -0.15) is 0 Å². The molecule has 6 nitrogen and oxygen atoms in total. The average Bonchev–Trinajstić information content (AvgIpc) is 2.54. The number of carbonyl (C=O) groups is 2. The van der Waals surface area contributed by atoms with Crippen molar-refractivity contribution in [2.75, 3.05) is 20.3 Å². The molecule has 0 bridgehead atoms. The zero-order chi connectivity index (χ0) is 18.4. The third-order valence-corrected chi connectivity index (χ3v) is 3.87. The van der Waals surface area contributed by atoms with E-state index in [1.807, 2.05) is 38.1 Å². The van der Waals surface area contributed by atoms with Crippen LogP contribution in [0.4, 0.5) is 0 Å². The average molecular weight is 347 g/mol. The molecule has 6 heteroatoms. The summed E-state index contributed by atoms with van der Waals surface area (Å²) in [5.74, 6) is -0.305. The van der Waals surface area contributed by atoms with Crippen LogP contribution in [0, 0.1) is 0 Å². The number of benzene rings is 1. The molecule has 0 spiro atoms. The minimum absolute atomic E-state index is 0.0132. The lowest BCUT2D eigenvalue weighted by Crippen LogP contribution is -2.34. The summed E-state index contributed by atoms with van der Waals surface area (Å²) in [6.07, 6.45) is 0.158. The summed E-state index contributed by atoms with van der Waals surface area (Å²) < 4.78 is 16.1. The molecular formula is C19H25NO5. The maximum absolute atomic E-state index is 12.6. The number of allylic oxidation sites excluding steroid dienone is 1. The van der Waals surface area contributed by atoms with E-state index in [0.29, 0.717) is 23.6 Å². The standard InChI is InChI=1S/C19H25NO5/c1-12(2)25-16-8-6-5-7-14(16)15-11-17(21)20-13(3)18(15)19(22)24-10-9-23-4/h5-8,12,15H,9-11H2,1-4H3,(H,20,21)/t15-/m0/s1. The second kappa shape index (κ2) is 8.67. The van der Waals surface area contributed by atoms with Crippen LogP contribution < -0.4 is 10.1 Å². The van der Waals surface area contributed by atoms with Crippen molar-refractivity contribution in [1.82, 2.24) is 5.32 Å². The van der Waals surface area contributed by atoms with Crippen LogP contribution in [0.25, 0.3) is 0 Å². The Labute approximate surface area is 148 Å². The smallest absolute Gasteiger partial charge is 0.336 e. The summed E-state index contributed by atoms with van der Waals surface area (Å²) in [6.45, 7) is 6.07. The third kappa shape index (κ3) is 4.82. The van der Waals surface area contributed by atoms with Crippen molar-refractivity contribution in [2.45, 2.75) is 39.2 Å². The lowest BCUT2D eigenvalue weighted by atomic mass is 9.84. The number of ether oxygens (including phenoxy) is 3. The Morgan fingerprint density at radius 2 is 2.00 bits per heavy atom. The molecule has 1 atom stereocenters. The van der Waals surface area contributed by atoms with Crippen molar-refractivity contribution in [3.05, 3.63) is 41.1 Å². The first-order valence-electron chi connectivity index (χ1n) is 8.36. The summed E-state index contributed by atoms with van der Waals surface area (Å²) in [5.41, 5.74) is 1.78. The minimum atomic E-state index is -0.445. The van der Waals surface area contributed by atoms with Crippen LogP contribution in [0.1, 0.15) is 38.7 Å². The highest BCUT2D eigenvalue weighted by Crippen LogP contribution is 2.38. The molecule has 0 saturated carbocycles. The molecule has 0 fully saturated rings. The van der Waals surface area contributed by atoms with E-state index in [2.05, 4.69) is 5.32 Å². The van der Waals surface area contributed by atoms with E-state index in [9.17, 15) is 9.59 Å². The highest BCUT2D eigenvalue weighted by atomic mass is 16.6. The van der Waals surface area contributed by atoms with E-state index in [1.54, 1.807) is 14.0 Å². The topological polar surface area (TPSA) is 73.9 Å². The van der Waals surface area contributed by atoms with Gasteiger partial charge in [-0.1, -0.05) is 18.2 Å². The van der Waals surface area contributed by atoms with Gasteiger partial charge in [-0.25, -0.2) is 4.79 Å². The number of carbonyl (C=O) groups excluding carboxylic acids is 2. The van der Waals surface area contributed by atoms with Gasteiger partial charge in [-0.15, -0.1) is 0 Å². The first kappa shape index (κ1) is 19.0. The fourth-order valence-electron chi connectivity index (χ4n) is 2.86. The molecule has 1 N–H and O–H groups in total. The first-order valence-corrected chi connectivity index (χ1v) is 8.36. The molecule has 1 heterocycles. The van der Waals surface area contributed by atoms with Crippen molar-refractivity contribution >= 4 is 11.9 Å². The molecule has 1 aromatic carbocycles. The van der Waals surface area contributed by atoms with Crippen LogP contribution in [0.3, 0.4) is 0 Å². The maximum Gasteiger partial charge on any atom is 0.336 e. The first-order chi connectivity index (χ1) is 11.9. The lowest BCUT2D eigenvalue weighted by Gasteiger charge is -2.28. The molecule has 0 unspecified atom stereocenters. The van der Waals surface area contributed by atoms with Gasteiger partial charge in [0, 0.05) is 30.7 Å². The van der Waals surface area contributed by atoms with Crippen LogP contribution in [-0.2, 0) is 19.1 Å². The summed E-state index contributed by atoms with van der Waals surface area (Å²) in [5, 5.41) is 2.73. The summed E-state index contributed by atoms with van der Waals surface area (Å²) in [6, 6.07) is 7.48. The number of para-hydroxylation sites is 1. The van der Waals surface area contributed by atoms with Gasteiger partial charge in [0.15, 0.2) is 0 Å². The Kier molecular flexibility index (Phi) is 6.58. The number of hydrogen-bond donors (Lipinski definition) is 1. The van der Waals surface area contributed by atoms with Gasteiger partial charge < -0.3 is 19.5 Å². The van der Waals surface area contributed by atoms with Gasteiger partial charge in [-0.05, 0) is 26.8 Å². The molecule has 1 aliphatic rings. The van der Waals surface area contributed by atoms with Gasteiger partial charge in [0.05, 0.1) is 18.3 Å². The van der Waals surface area contributed by atoms with Gasteiger partial charge in [0.1, 0.15) is 12.4 Å². The second-order valence-electron chi connectivity index (χ2n) is 6.18. The molecule has 0 aromatic heterocycles. The predicted molar refractivity (Wildman–Crippen MR) is 93.2 cm³/mol. The summed E-state index contributed by atoms with van der Waals surface area (Å²) >= 11 is 0. The molecule has 2 rings (SSSR count). The van der Waals surface area contributed by atoms with E-state index in [4.69, 9.17) is 14.2 Å². The van der Waals surface area contributed by atoms with Crippen molar-refractivity contribution < 1.29 is 23.8 Å². The molecule has 1 amide bonds. The Hall–Kier alpha value is -2.34. The van der Waals surface area contributed by atoms with Crippen LogP contribution in [0.15, 0.2) is 35.5 Å². The van der Waals surface area contributed by atoms with E-state index >= 15 is 0 Å². The molecule has 1 aromatic rings. The normalized spacial score (nSPS) is 17.5. The van der Waals surface area contributed by atoms with E-state index in [1.165, 1.54) is 0 Å². The SMILES string of the molecule is COCCOC(=O)C1=C(C)NC(=O)C[C@H]1c1ccccc1OC(C)C. The number of esters is 1. The number of nitrogens with one attached hydrogen (secondary N) is 1. The van der Waals surface area contributed by atoms with Gasteiger partial charge in [-0.3, -0.25) is 4.79 Å². The van der Waals surface area contributed by atoms with Gasteiger partial charge in [0.2, 0.25) is 5.91 Å². The highest BCUT2D eigenvalue weighted by Gasteiger charge is 2.34. The number of hydrogen-bond acceptors (Lipinski definition) is 5. The Morgan fingerprint density at radius 3 is 2.68 bits per heavy atom. The van der Waals surface area contributed by atoms with Crippen molar-refractivity contribution in [3.8, 4) is 5.75 Å². The van der Waals surface area contributed by atoms with Crippen LogP contribution >= 0.6 is 0 Å². The molecular weight excluding hydrogens is 322 g/mol. The van der Waals surface area contributed by atoms with Crippen LogP contribution in [-0.4, -0.2) is 38.3 Å². The van der Waals surface area contributed by atoms with Crippen LogP contribution in [0.2, 0.25) is 0 Å². The Balaban J connectivity index is 2.38. The Bertz CT molecular complexity index is 666. The van der Waals surface area contributed by atoms with Crippen molar-refractivity contribution in [1.29, 1.82) is 0 Å². The zero-order valence-electron chi connectivity index (χ0n) is 15.1. The third-order valence-electron chi connectivity index (χ3n) is 3.87. The number of amides is 1. The van der Waals surface area contributed by atoms with Crippen LogP contribution in [0.5, 0.6) is 5.75 Å². The lowest BCUT2D eigenvalue weighted by molar-refractivity contribution is -0.140. The van der Waals surface area contributed by atoms with Gasteiger partial charge >= 0.3 is 5.97 Å². The maximum atomic E-state index is 12.6. The van der Waals surface area contributed by atoms with E-state index < -0.39 is 11.9 Å². The molecule has 0 saturated heterocycles. The highest BCUT2D eigenvalue weighted by molar-refractivity contribution is 5.96.